The number of hydrogen-bond donors (Lipinski definition) is 1. The van der Waals surface area contributed by atoms with Crippen LogP contribution in [0, 0.1) is 10.1 Å². The summed E-state index contributed by atoms with van der Waals surface area (Å²) in [5.41, 5.74) is 5.76. The predicted octanol–water partition coefficient (Wildman–Crippen LogP) is 1.83. The van der Waals surface area contributed by atoms with Crippen LogP contribution in [0.4, 0.5) is 5.69 Å². The van der Waals surface area contributed by atoms with Crippen molar-refractivity contribution in [2.75, 3.05) is 0 Å². The van der Waals surface area contributed by atoms with E-state index in [0.717, 1.165) is 18.7 Å². The highest BCUT2D eigenvalue weighted by atomic mass is 16.6. The Kier molecular flexibility index (Phi) is 3.79. The second-order valence-electron chi connectivity index (χ2n) is 4.29. The Balaban J connectivity index is 2.58. The van der Waals surface area contributed by atoms with Crippen LogP contribution in [0.3, 0.4) is 0 Å². The van der Waals surface area contributed by atoms with Gasteiger partial charge in [-0.2, -0.15) is 0 Å². The molecule has 7 nitrogen and oxygen atoms in total. The molecule has 0 fully saturated rings. The fourth-order valence-corrected chi connectivity index (χ4v) is 2.01. The normalized spacial score (nSPS) is 10.4. The highest BCUT2D eigenvalue weighted by Crippen LogP contribution is 2.22. The van der Waals surface area contributed by atoms with Gasteiger partial charge < -0.3 is 10.3 Å². The Hall–Kier alpha value is -2.70. The fraction of sp³-hybridized carbons (Fsp3) is 0.231. The summed E-state index contributed by atoms with van der Waals surface area (Å²) in [6, 6.07) is 4.05. The van der Waals surface area contributed by atoms with Crippen LogP contribution in [0.25, 0.3) is 5.69 Å². The van der Waals surface area contributed by atoms with Gasteiger partial charge in [-0.05, 0) is 12.5 Å². The second-order valence-corrected chi connectivity index (χ2v) is 4.29. The van der Waals surface area contributed by atoms with Crippen LogP contribution in [0.5, 0.6) is 0 Å². The van der Waals surface area contributed by atoms with Gasteiger partial charge in [0.2, 0.25) is 0 Å². The lowest BCUT2D eigenvalue weighted by Gasteiger charge is -2.10. The molecule has 0 aliphatic carbocycles. The Morgan fingerprint density at radius 1 is 1.50 bits per heavy atom. The molecule has 104 valence electrons. The van der Waals surface area contributed by atoms with E-state index < -0.39 is 10.8 Å². The van der Waals surface area contributed by atoms with Crippen LogP contribution in [0.2, 0.25) is 0 Å². The molecule has 0 spiro atoms. The van der Waals surface area contributed by atoms with Crippen LogP contribution in [0.15, 0.2) is 30.6 Å². The number of benzene rings is 1. The van der Waals surface area contributed by atoms with Crippen molar-refractivity contribution >= 4 is 11.6 Å². The van der Waals surface area contributed by atoms with Gasteiger partial charge in [0.25, 0.3) is 11.6 Å². The topological polar surface area (TPSA) is 104 Å². The number of carbonyl (C=O) groups excluding carboxylic acids is 1. The third-order valence-corrected chi connectivity index (χ3v) is 2.91. The number of primary amides is 1. The van der Waals surface area contributed by atoms with Gasteiger partial charge in [0.15, 0.2) is 0 Å². The van der Waals surface area contributed by atoms with Gasteiger partial charge in [0, 0.05) is 30.9 Å². The van der Waals surface area contributed by atoms with Crippen molar-refractivity contribution in [3.05, 3.63) is 52.1 Å². The molecule has 1 heterocycles. The number of nitro benzene ring substituents is 1. The second kappa shape index (κ2) is 5.52. The number of nitrogens with zero attached hydrogens (tertiary/aromatic N) is 3. The van der Waals surface area contributed by atoms with Crippen LogP contribution in [-0.2, 0) is 6.42 Å². The lowest BCUT2D eigenvalue weighted by molar-refractivity contribution is -0.384. The Labute approximate surface area is 115 Å². The third-order valence-electron chi connectivity index (χ3n) is 2.91. The minimum atomic E-state index is -0.708. The number of imidazole rings is 1. The van der Waals surface area contributed by atoms with Crippen molar-refractivity contribution in [1.29, 1.82) is 0 Å². The molecule has 0 saturated heterocycles. The molecule has 0 aliphatic heterocycles. The first-order chi connectivity index (χ1) is 9.54. The molecule has 2 rings (SSSR count). The number of aromatic nitrogens is 2. The van der Waals surface area contributed by atoms with Gasteiger partial charge >= 0.3 is 0 Å². The molecule has 0 bridgehead atoms. The molecule has 7 heteroatoms. The van der Waals surface area contributed by atoms with Gasteiger partial charge in [-0.15, -0.1) is 0 Å². The lowest BCUT2D eigenvalue weighted by Crippen LogP contribution is -2.15. The number of nitrogens with two attached hydrogens (primary N) is 1. The highest BCUT2D eigenvalue weighted by molar-refractivity contribution is 5.97. The van der Waals surface area contributed by atoms with E-state index in [1.54, 1.807) is 17.0 Å². The maximum absolute atomic E-state index is 11.5. The van der Waals surface area contributed by atoms with Crippen molar-refractivity contribution in [3.8, 4) is 5.69 Å². The van der Waals surface area contributed by atoms with Gasteiger partial charge in [-0.1, -0.05) is 6.92 Å². The fourth-order valence-electron chi connectivity index (χ4n) is 2.01. The molecule has 2 aromatic rings. The van der Waals surface area contributed by atoms with Crippen LogP contribution in [-0.4, -0.2) is 20.4 Å². The summed E-state index contributed by atoms with van der Waals surface area (Å²) < 4.78 is 1.73. The minimum Gasteiger partial charge on any atom is -0.366 e. The lowest BCUT2D eigenvalue weighted by atomic mass is 10.1. The van der Waals surface area contributed by atoms with Crippen molar-refractivity contribution < 1.29 is 9.72 Å². The van der Waals surface area contributed by atoms with Crippen LogP contribution in [0.1, 0.15) is 29.5 Å². The van der Waals surface area contributed by atoms with E-state index in [9.17, 15) is 14.9 Å². The molecule has 20 heavy (non-hydrogen) atoms. The molecule has 0 atom stereocenters. The van der Waals surface area contributed by atoms with E-state index in [1.807, 2.05) is 6.92 Å². The van der Waals surface area contributed by atoms with Crippen molar-refractivity contribution in [2.45, 2.75) is 19.8 Å². The van der Waals surface area contributed by atoms with Gasteiger partial charge in [0.1, 0.15) is 5.82 Å². The maximum Gasteiger partial charge on any atom is 0.270 e. The van der Waals surface area contributed by atoms with E-state index in [-0.39, 0.29) is 11.3 Å². The number of non-ortho nitro benzene ring substituents is 1. The van der Waals surface area contributed by atoms with E-state index >= 15 is 0 Å². The number of carbonyl (C=O) groups is 1. The average molecular weight is 274 g/mol. The molecular weight excluding hydrogens is 260 g/mol. The zero-order chi connectivity index (χ0) is 14.7. The van der Waals surface area contributed by atoms with Crippen LogP contribution >= 0.6 is 0 Å². The summed E-state index contributed by atoms with van der Waals surface area (Å²) in [5, 5.41) is 10.8. The average Bonchev–Trinajstić information content (AvgIpc) is 2.86. The molecule has 0 aliphatic rings. The molecule has 1 amide bonds. The molecule has 2 N–H and O–H groups in total. The summed E-state index contributed by atoms with van der Waals surface area (Å²) in [6.07, 6.45) is 4.97. The number of hydrogen-bond acceptors (Lipinski definition) is 4. The molecular formula is C13H14N4O3. The standard InChI is InChI=1S/C13H14N4O3/c1-2-3-12-15-6-7-16(12)11-5-4-9(17(19)20)8-10(11)13(14)18/h4-8H,2-3H2,1H3,(H2,14,18). The number of amides is 1. The first kappa shape index (κ1) is 13.7. The van der Waals surface area contributed by atoms with Gasteiger partial charge in [-0.25, -0.2) is 4.98 Å². The van der Waals surface area contributed by atoms with E-state index in [1.165, 1.54) is 18.2 Å². The van der Waals surface area contributed by atoms with E-state index in [4.69, 9.17) is 5.73 Å². The Morgan fingerprint density at radius 3 is 2.85 bits per heavy atom. The number of nitro groups is 1. The third kappa shape index (κ3) is 2.51. The van der Waals surface area contributed by atoms with Crippen LogP contribution < -0.4 is 5.73 Å². The Bertz CT molecular complexity index is 663. The number of aryl methyl sites for hydroxylation is 1. The van der Waals surface area contributed by atoms with E-state index in [2.05, 4.69) is 4.98 Å². The largest absolute Gasteiger partial charge is 0.366 e. The smallest absolute Gasteiger partial charge is 0.270 e. The summed E-state index contributed by atoms with van der Waals surface area (Å²) >= 11 is 0. The zero-order valence-electron chi connectivity index (χ0n) is 10.9. The SMILES string of the molecule is CCCc1nccn1-c1ccc([N+](=O)[O-])cc1C(N)=O. The first-order valence-electron chi connectivity index (χ1n) is 6.15. The monoisotopic (exact) mass is 274 g/mol. The zero-order valence-corrected chi connectivity index (χ0v) is 10.9. The molecule has 0 unspecified atom stereocenters. The first-order valence-corrected chi connectivity index (χ1v) is 6.15. The molecule has 1 aromatic carbocycles. The Morgan fingerprint density at radius 2 is 2.25 bits per heavy atom. The molecule has 0 radical (unpaired) electrons. The summed E-state index contributed by atoms with van der Waals surface area (Å²) in [4.78, 5) is 26.0. The van der Waals surface area contributed by atoms with Crippen molar-refractivity contribution in [1.82, 2.24) is 9.55 Å². The number of rotatable bonds is 5. The minimum absolute atomic E-state index is 0.106. The summed E-state index contributed by atoms with van der Waals surface area (Å²) in [6.45, 7) is 2.02. The summed E-state index contributed by atoms with van der Waals surface area (Å²) in [7, 11) is 0. The van der Waals surface area contributed by atoms with Crippen molar-refractivity contribution in [2.24, 2.45) is 5.73 Å². The highest BCUT2D eigenvalue weighted by Gasteiger charge is 2.17. The van der Waals surface area contributed by atoms with Gasteiger partial charge in [-0.3, -0.25) is 14.9 Å². The molecule has 0 saturated carbocycles. The van der Waals surface area contributed by atoms with E-state index in [0.29, 0.717) is 5.69 Å². The predicted molar refractivity (Wildman–Crippen MR) is 72.7 cm³/mol. The molecule has 1 aromatic heterocycles. The summed E-state index contributed by atoms with van der Waals surface area (Å²) in [5.74, 6) is 0.0729. The maximum atomic E-state index is 11.5. The quantitative estimate of drug-likeness (QED) is 0.663. The van der Waals surface area contributed by atoms with Gasteiger partial charge in [0.05, 0.1) is 16.2 Å². The van der Waals surface area contributed by atoms with Crippen molar-refractivity contribution in [3.63, 3.8) is 0 Å².